The van der Waals surface area contributed by atoms with E-state index in [2.05, 4.69) is 34.9 Å². The molecule has 3 rings (SSSR count). The monoisotopic (exact) mass is 468 g/mol. The minimum absolute atomic E-state index is 0.0222. The summed E-state index contributed by atoms with van der Waals surface area (Å²) in [7, 11) is 1.48. The number of benzene rings is 2. The summed E-state index contributed by atoms with van der Waals surface area (Å²) in [4.78, 5) is 35.3. The third-order valence-electron chi connectivity index (χ3n) is 6.12. The first-order chi connectivity index (χ1) is 16.4. The van der Waals surface area contributed by atoms with Crippen LogP contribution >= 0.6 is 0 Å². The van der Waals surface area contributed by atoms with Crippen LogP contribution in [0.15, 0.2) is 48.5 Å². The molecule has 8 heteroatoms. The van der Waals surface area contributed by atoms with E-state index in [4.69, 9.17) is 14.6 Å². The number of fused-ring (bicyclic) bond motifs is 3. The van der Waals surface area contributed by atoms with Gasteiger partial charge in [-0.15, -0.1) is 0 Å². The molecule has 2 atom stereocenters. The predicted octanol–water partition coefficient (Wildman–Crippen LogP) is 3.55. The lowest BCUT2D eigenvalue weighted by atomic mass is 9.98. The minimum atomic E-state index is -0.843. The van der Waals surface area contributed by atoms with Crippen molar-refractivity contribution < 1.29 is 29.0 Å². The molecular formula is C26H32N2O6. The molecule has 3 N–H and O–H groups in total. The summed E-state index contributed by atoms with van der Waals surface area (Å²) < 4.78 is 10.8. The number of hydrogen-bond acceptors (Lipinski definition) is 5. The molecule has 2 aromatic rings. The fraction of sp³-hybridized carbons (Fsp3) is 0.423. The van der Waals surface area contributed by atoms with Crippen LogP contribution in [0, 0.1) is 5.92 Å². The second kappa shape index (κ2) is 12.2. The van der Waals surface area contributed by atoms with Gasteiger partial charge in [0.05, 0.1) is 18.4 Å². The van der Waals surface area contributed by atoms with Gasteiger partial charge in [-0.1, -0.05) is 55.5 Å². The Morgan fingerprint density at radius 3 is 2.21 bits per heavy atom. The summed E-state index contributed by atoms with van der Waals surface area (Å²) in [5.74, 6) is -1.52. The van der Waals surface area contributed by atoms with Crippen LogP contribution in [0.25, 0.3) is 11.1 Å². The number of amides is 2. The van der Waals surface area contributed by atoms with Crippen LogP contribution in [0.1, 0.15) is 43.2 Å². The van der Waals surface area contributed by atoms with Crippen molar-refractivity contribution in [1.82, 2.24) is 10.6 Å². The zero-order valence-electron chi connectivity index (χ0n) is 19.6. The summed E-state index contributed by atoms with van der Waals surface area (Å²) in [5, 5.41) is 14.3. The summed E-state index contributed by atoms with van der Waals surface area (Å²) in [6.07, 6.45) is 0.0845. The molecule has 0 saturated heterocycles. The molecule has 0 aliphatic heterocycles. The van der Waals surface area contributed by atoms with Gasteiger partial charge in [-0.2, -0.15) is 0 Å². The zero-order chi connectivity index (χ0) is 24.5. The van der Waals surface area contributed by atoms with E-state index in [0.29, 0.717) is 19.4 Å². The molecule has 0 saturated carbocycles. The number of ether oxygens (including phenoxy) is 2. The van der Waals surface area contributed by atoms with E-state index in [0.717, 1.165) is 22.3 Å². The fourth-order valence-electron chi connectivity index (χ4n) is 4.12. The zero-order valence-corrected chi connectivity index (χ0v) is 19.6. The molecule has 34 heavy (non-hydrogen) atoms. The number of methoxy groups -OCH3 is 1. The second-order valence-corrected chi connectivity index (χ2v) is 8.50. The van der Waals surface area contributed by atoms with E-state index in [1.807, 2.05) is 24.3 Å². The first kappa shape index (κ1) is 25.2. The first-order valence-electron chi connectivity index (χ1n) is 11.5. The third kappa shape index (κ3) is 6.57. The van der Waals surface area contributed by atoms with Crippen LogP contribution in [0.4, 0.5) is 4.79 Å². The van der Waals surface area contributed by atoms with Gasteiger partial charge in [-0.25, -0.2) is 4.79 Å². The lowest BCUT2D eigenvalue weighted by Gasteiger charge is -2.17. The second-order valence-electron chi connectivity index (χ2n) is 8.50. The van der Waals surface area contributed by atoms with Crippen LogP contribution in [-0.4, -0.2) is 56.0 Å². The largest absolute Gasteiger partial charge is 0.481 e. The Labute approximate surface area is 199 Å². The summed E-state index contributed by atoms with van der Waals surface area (Å²) in [6.45, 7) is 2.39. The Morgan fingerprint density at radius 2 is 1.62 bits per heavy atom. The number of carbonyl (C=O) groups excluding carboxylic acids is 2. The Kier molecular flexibility index (Phi) is 9.04. The normalized spacial score (nSPS) is 13.9. The van der Waals surface area contributed by atoms with E-state index in [1.54, 1.807) is 6.92 Å². The molecule has 182 valence electrons. The Balaban J connectivity index is 1.41. The number of carboxylic acid groups (broad SMARTS) is 1. The highest BCUT2D eigenvalue weighted by atomic mass is 16.5. The van der Waals surface area contributed by atoms with Gasteiger partial charge in [0.1, 0.15) is 6.61 Å². The van der Waals surface area contributed by atoms with Crippen LogP contribution < -0.4 is 10.6 Å². The fourth-order valence-corrected chi connectivity index (χ4v) is 4.12. The van der Waals surface area contributed by atoms with Gasteiger partial charge in [0, 0.05) is 26.1 Å². The molecule has 0 spiro atoms. The molecule has 0 bridgehead atoms. The van der Waals surface area contributed by atoms with E-state index in [1.165, 1.54) is 7.11 Å². The molecule has 2 aromatic carbocycles. The molecular weight excluding hydrogens is 436 g/mol. The van der Waals surface area contributed by atoms with Crippen LogP contribution in [0.3, 0.4) is 0 Å². The van der Waals surface area contributed by atoms with E-state index in [-0.39, 0.29) is 31.4 Å². The third-order valence-corrected chi connectivity index (χ3v) is 6.12. The molecule has 0 aromatic heterocycles. The van der Waals surface area contributed by atoms with Gasteiger partial charge >= 0.3 is 12.1 Å². The Hall–Kier alpha value is -3.39. The first-order valence-corrected chi connectivity index (χ1v) is 11.5. The van der Waals surface area contributed by atoms with Crippen LogP contribution in [0.5, 0.6) is 0 Å². The van der Waals surface area contributed by atoms with Crippen molar-refractivity contribution in [2.45, 2.75) is 38.2 Å². The SMILES string of the molecule is COC(CNC(=O)OCC1c2ccccc2-c2ccccc21)CC(=O)NCCCC(C)C(=O)O. The predicted molar refractivity (Wildman–Crippen MR) is 128 cm³/mol. The van der Waals surface area contributed by atoms with Crippen molar-refractivity contribution in [2.75, 3.05) is 26.8 Å². The highest BCUT2D eigenvalue weighted by Crippen LogP contribution is 2.44. The lowest BCUT2D eigenvalue weighted by Crippen LogP contribution is -2.37. The van der Waals surface area contributed by atoms with Crippen molar-refractivity contribution in [2.24, 2.45) is 5.92 Å². The molecule has 1 aliphatic rings. The minimum Gasteiger partial charge on any atom is -0.481 e. The number of carbonyl (C=O) groups is 3. The van der Waals surface area contributed by atoms with Crippen LogP contribution in [0.2, 0.25) is 0 Å². The molecule has 0 radical (unpaired) electrons. The standard InChI is InChI=1S/C26H32N2O6/c1-17(25(30)31)8-7-13-27-24(29)14-18(33-2)15-28-26(32)34-16-23-21-11-5-3-9-19(21)20-10-4-6-12-22(20)23/h3-6,9-12,17-18,23H,7-8,13-16H2,1-2H3,(H,27,29)(H,28,32)(H,30,31). The topological polar surface area (TPSA) is 114 Å². The average Bonchev–Trinajstić information content (AvgIpc) is 3.16. The number of nitrogens with one attached hydrogen (secondary N) is 2. The van der Waals surface area contributed by atoms with E-state index >= 15 is 0 Å². The molecule has 2 unspecified atom stereocenters. The van der Waals surface area contributed by atoms with Crippen molar-refractivity contribution in [3.8, 4) is 11.1 Å². The van der Waals surface area contributed by atoms with E-state index in [9.17, 15) is 14.4 Å². The maximum atomic E-state index is 12.3. The Morgan fingerprint density at radius 1 is 1.00 bits per heavy atom. The number of aliphatic carboxylic acids is 1. The average molecular weight is 469 g/mol. The van der Waals surface area contributed by atoms with Gasteiger partial charge in [0.15, 0.2) is 0 Å². The smallest absolute Gasteiger partial charge is 0.407 e. The van der Waals surface area contributed by atoms with Crippen molar-refractivity contribution >= 4 is 18.0 Å². The summed E-state index contributed by atoms with van der Waals surface area (Å²) in [5.41, 5.74) is 4.60. The molecule has 0 fully saturated rings. The van der Waals surface area contributed by atoms with Gasteiger partial charge in [0.25, 0.3) is 0 Å². The maximum Gasteiger partial charge on any atom is 0.407 e. The lowest BCUT2D eigenvalue weighted by molar-refractivity contribution is -0.141. The van der Waals surface area contributed by atoms with Crippen molar-refractivity contribution in [1.29, 1.82) is 0 Å². The molecule has 0 heterocycles. The van der Waals surface area contributed by atoms with E-state index < -0.39 is 24.1 Å². The van der Waals surface area contributed by atoms with Crippen molar-refractivity contribution in [3.05, 3.63) is 59.7 Å². The highest BCUT2D eigenvalue weighted by Gasteiger charge is 2.29. The highest BCUT2D eigenvalue weighted by molar-refractivity contribution is 5.79. The summed E-state index contributed by atoms with van der Waals surface area (Å²) in [6, 6.07) is 16.3. The molecule has 8 nitrogen and oxygen atoms in total. The summed E-state index contributed by atoms with van der Waals surface area (Å²) >= 11 is 0. The van der Waals surface area contributed by atoms with Gasteiger partial charge in [0.2, 0.25) is 5.91 Å². The maximum absolute atomic E-state index is 12.3. The van der Waals surface area contributed by atoms with Crippen molar-refractivity contribution in [3.63, 3.8) is 0 Å². The molecule has 2 amide bonds. The number of rotatable bonds is 12. The Bertz CT molecular complexity index is 963. The number of hydrogen-bond donors (Lipinski definition) is 3. The van der Waals surface area contributed by atoms with Crippen LogP contribution in [-0.2, 0) is 19.1 Å². The quantitative estimate of drug-likeness (QED) is 0.411. The number of carboxylic acids is 1. The van der Waals surface area contributed by atoms with Gasteiger partial charge < -0.3 is 25.2 Å². The van der Waals surface area contributed by atoms with Gasteiger partial charge in [-0.3, -0.25) is 9.59 Å². The number of alkyl carbamates (subject to hydrolysis) is 1. The van der Waals surface area contributed by atoms with Gasteiger partial charge in [-0.05, 0) is 35.1 Å². The molecule has 1 aliphatic carbocycles.